The summed E-state index contributed by atoms with van der Waals surface area (Å²) in [6.45, 7) is 5.18. The summed E-state index contributed by atoms with van der Waals surface area (Å²) < 4.78 is 0. The summed E-state index contributed by atoms with van der Waals surface area (Å²) in [6.07, 6.45) is -2.06. The van der Waals surface area contributed by atoms with Crippen LogP contribution in [0.1, 0.15) is 20.8 Å². The first-order valence-corrected chi connectivity index (χ1v) is 4.72. The van der Waals surface area contributed by atoms with Gasteiger partial charge in [0, 0.05) is 13.1 Å². The van der Waals surface area contributed by atoms with Crippen LogP contribution in [0.5, 0.6) is 0 Å². The summed E-state index contributed by atoms with van der Waals surface area (Å²) in [5.74, 6) is 0.0202. The van der Waals surface area contributed by atoms with E-state index in [1.807, 2.05) is 0 Å². The smallest absolute Gasteiger partial charge is 0.125 e. The Balaban J connectivity index is 4.31. The van der Waals surface area contributed by atoms with E-state index >= 15 is 0 Å². The lowest BCUT2D eigenvalue weighted by Crippen LogP contribution is -2.44. The van der Waals surface area contributed by atoms with Gasteiger partial charge in [-0.1, -0.05) is 0 Å². The summed E-state index contributed by atoms with van der Waals surface area (Å²) in [5, 5.41) is 35.1. The maximum atomic E-state index is 9.19. The minimum Gasteiger partial charge on any atom is -0.392 e. The van der Waals surface area contributed by atoms with Crippen LogP contribution < -0.4 is 0 Å². The van der Waals surface area contributed by atoms with Gasteiger partial charge in [0.15, 0.2) is 0 Å². The molecule has 0 aromatic heterocycles. The van der Waals surface area contributed by atoms with Crippen molar-refractivity contribution in [3.63, 3.8) is 0 Å². The van der Waals surface area contributed by atoms with Crippen LogP contribution in [0.4, 0.5) is 0 Å². The van der Waals surface area contributed by atoms with Crippen LogP contribution >= 0.6 is 0 Å². The molecule has 0 aliphatic carbocycles. The van der Waals surface area contributed by atoms with Gasteiger partial charge in [-0.2, -0.15) is 0 Å². The number of hydrogen-bond acceptors (Lipinski definition) is 4. The molecule has 0 rings (SSSR count). The van der Waals surface area contributed by atoms with E-state index in [2.05, 4.69) is 0 Å². The fraction of sp³-hybridized carbons (Fsp3) is 0.889. The van der Waals surface area contributed by atoms with Crippen molar-refractivity contribution in [3.8, 4) is 0 Å². The molecule has 0 spiro atoms. The third kappa shape index (κ3) is 5.16. The molecule has 4 N–H and O–H groups in total. The molecule has 0 aliphatic rings. The van der Waals surface area contributed by atoms with Crippen molar-refractivity contribution in [2.24, 2.45) is 0 Å². The number of aliphatic hydroxyl groups is 3. The van der Waals surface area contributed by atoms with Crippen LogP contribution in [0.2, 0.25) is 0 Å². The maximum Gasteiger partial charge on any atom is 0.125 e. The predicted molar refractivity (Wildman–Crippen MR) is 54.3 cm³/mol. The van der Waals surface area contributed by atoms with Gasteiger partial charge < -0.3 is 20.2 Å². The van der Waals surface area contributed by atoms with E-state index < -0.39 is 18.3 Å². The van der Waals surface area contributed by atoms with Crippen LogP contribution in [0, 0.1) is 5.41 Å². The first-order chi connectivity index (χ1) is 6.34. The number of amidine groups is 1. The highest BCUT2D eigenvalue weighted by Gasteiger charge is 2.17. The molecule has 3 unspecified atom stereocenters. The Hall–Kier alpha value is -0.650. The van der Waals surface area contributed by atoms with Gasteiger partial charge in [-0.05, 0) is 20.8 Å². The van der Waals surface area contributed by atoms with Crippen molar-refractivity contribution in [2.45, 2.75) is 39.1 Å². The Bertz CT molecular complexity index is 171. The molecule has 0 aromatic carbocycles. The van der Waals surface area contributed by atoms with Gasteiger partial charge in [-0.3, -0.25) is 5.41 Å². The van der Waals surface area contributed by atoms with Gasteiger partial charge in [-0.15, -0.1) is 0 Å². The van der Waals surface area contributed by atoms with Crippen LogP contribution in [-0.4, -0.2) is 57.5 Å². The first-order valence-electron chi connectivity index (χ1n) is 4.72. The Morgan fingerprint density at radius 3 is 1.64 bits per heavy atom. The van der Waals surface area contributed by atoms with E-state index in [4.69, 9.17) is 15.6 Å². The zero-order valence-electron chi connectivity index (χ0n) is 8.94. The van der Waals surface area contributed by atoms with Crippen LogP contribution in [0.3, 0.4) is 0 Å². The van der Waals surface area contributed by atoms with E-state index in [9.17, 15) is 5.11 Å². The summed E-state index contributed by atoms with van der Waals surface area (Å²) >= 11 is 0. The van der Waals surface area contributed by atoms with Gasteiger partial charge in [0.1, 0.15) is 11.9 Å². The molecule has 0 bridgehead atoms. The van der Waals surface area contributed by atoms with Gasteiger partial charge in [0.25, 0.3) is 0 Å². The third-order valence-electron chi connectivity index (χ3n) is 1.71. The standard InChI is InChI=1S/C9H20N2O3/c1-6(12)4-11(5-7(2)13)9(10)8(3)14/h6-8,10,12-14H,4-5H2,1-3H3. The number of nitrogens with zero attached hydrogens (tertiary/aromatic N) is 1. The molecular weight excluding hydrogens is 184 g/mol. The average Bonchev–Trinajstić information content (AvgIpc) is 1.99. The van der Waals surface area contributed by atoms with Gasteiger partial charge in [0.2, 0.25) is 0 Å². The Morgan fingerprint density at radius 1 is 1.07 bits per heavy atom. The monoisotopic (exact) mass is 204 g/mol. The molecule has 3 atom stereocenters. The largest absolute Gasteiger partial charge is 0.392 e. The zero-order valence-corrected chi connectivity index (χ0v) is 8.94. The highest BCUT2D eigenvalue weighted by atomic mass is 16.3. The normalized spacial score (nSPS) is 17.3. The summed E-state index contributed by atoms with van der Waals surface area (Å²) in [4.78, 5) is 1.47. The highest BCUT2D eigenvalue weighted by molar-refractivity contribution is 5.83. The van der Waals surface area contributed by atoms with Gasteiger partial charge in [0.05, 0.1) is 12.2 Å². The Morgan fingerprint density at radius 2 is 1.43 bits per heavy atom. The lowest BCUT2D eigenvalue weighted by atomic mass is 10.2. The van der Waals surface area contributed by atoms with E-state index in [1.165, 1.54) is 11.8 Å². The SMILES string of the molecule is CC(O)CN(CC(C)O)C(=N)C(C)O. The fourth-order valence-corrected chi connectivity index (χ4v) is 1.17. The van der Waals surface area contributed by atoms with E-state index in [-0.39, 0.29) is 18.9 Å². The van der Waals surface area contributed by atoms with Gasteiger partial charge >= 0.3 is 0 Å². The number of rotatable bonds is 5. The summed E-state index contributed by atoms with van der Waals surface area (Å²) in [5.41, 5.74) is 0. The van der Waals surface area contributed by atoms with Gasteiger partial charge in [-0.25, -0.2) is 0 Å². The predicted octanol–water partition coefficient (Wildman–Crippen LogP) is -0.592. The Kier molecular flexibility index (Phi) is 5.68. The van der Waals surface area contributed by atoms with Crippen molar-refractivity contribution in [1.29, 1.82) is 5.41 Å². The van der Waals surface area contributed by atoms with Crippen LogP contribution in [0.25, 0.3) is 0 Å². The minimum absolute atomic E-state index is 0.0202. The molecule has 0 saturated carbocycles. The molecule has 84 valence electrons. The van der Waals surface area contributed by atoms with Crippen molar-refractivity contribution < 1.29 is 15.3 Å². The first kappa shape index (κ1) is 13.4. The molecule has 0 fully saturated rings. The quantitative estimate of drug-likeness (QED) is 0.356. The van der Waals surface area contributed by atoms with E-state index in [0.717, 1.165) is 0 Å². The molecular formula is C9H20N2O3. The van der Waals surface area contributed by atoms with Crippen molar-refractivity contribution in [2.75, 3.05) is 13.1 Å². The molecule has 0 amide bonds. The molecule has 0 heterocycles. The number of nitrogens with one attached hydrogen (secondary N) is 1. The second kappa shape index (κ2) is 5.95. The Labute approximate surface area is 84.5 Å². The highest BCUT2D eigenvalue weighted by Crippen LogP contribution is 2.00. The lowest BCUT2D eigenvalue weighted by Gasteiger charge is -2.28. The molecule has 0 aromatic rings. The molecule has 0 aliphatic heterocycles. The second-order valence-corrected chi connectivity index (χ2v) is 3.66. The zero-order chi connectivity index (χ0) is 11.3. The number of aliphatic hydroxyl groups excluding tert-OH is 3. The summed E-state index contributed by atoms with van der Waals surface area (Å²) in [7, 11) is 0. The van der Waals surface area contributed by atoms with E-state index in [1.54, 1.807) is 13.8 Å². The molecule has 5 nitrogen and oxygen atoms in total. The van der Waals surface area contributed by atoms with Crippen LogP contribution in [-0.2, 0) is 0 Å². The lowest BCUT2D eigenvalue weighted by molar-refractivity contribution is 0.111. The van der Waals surface area contributed by atoms with E-state index in [0.29, 0.717) is 0 Å². The summed E-state index contributed by atoms with van der Waals surface area (Å²) in [6, 6.07) is 0. The fourth-order valence-electron chi connectivity index (χ4n) is 1.17. The average molecular weight is 204 g/mol. The molecule has 5 heteroatoms. The van der Waals surface area contributed by atoms with Crippen molar-refractivity contribution in [1.82, 2.24) is 4.90 Å². The van der Waals surface area contributed by atoms with Crippen molar-refractivity contribution in [3.05, 3.63) is 0 Å². The number of hydrogen-bond donors (Lipinski definition) is 4. The maximum absolute atomic E-state index is 9.19. The molecule has 14 heavy (non-hydrogen) atoms. The molecule has 0 radical (unpaired) electrons. The van der Waals surface area contributed by atoms with Crippen molar-refractivity contribution >= 4 is 5.84 Å². The third-order valence-corrected chi connectivity index (χ3v) is 1.71. The molecule has 0 saturated heterocycles. The second-order valence-electron chi connectivity index (χ2n) is 3.66. The topological polar surface area (TPSA) is 87.8 Å². The van der Waals surface area contributed by atoms with Crippen LogP contribution in [0.15, 0.2) is 0 Å². The minimum atomic E-state index is -0.882.